The Balaban J connectivity index is 2.15. The minimum Gasteiger partial charge on any atom is -0.423 e. The number of nitrogens with zero attached hydrogens (tertiary/aromatic N) is 2. The molecule has 0 fully saturated rings. The van der Waals surface area contributed by atoms with Gasteiger partial charge in [0, 0.05) is 19.2 Å². The summed E-state index contributed by atoms with van der Waals surface area (Å²) in [6.07, 6.45) is 0. The highest BCUT2D eigenvalue weighted by Gasteiger charge is 2.27. The Morgan fingerprint density at radius 2 is 2.08 bits per heavy atom. The van der Waals surface area contributed by atoms with Crippen molar-refractivity contribution in [3.8, 4) is 5.75 Å². The summed E-state index contributed by atoms with van der Waals surface area (Å²) >= 11 is 0. The summed E-state index contributed by atoms with van der Waals surface area (Å²) in [5.41, 5.74) is 0.525. The molecule has 0 aromatic heterocycles. The number of likely N-dealkylation sites (N-methyl/N-ethyl adjacent to an activating group) is 1. The molecular formula is C16H23N3O5S. The number of carbonyl (C=O) groups excluding carboxylic acids is 2. The molecule has 0 aliphatic carbocycles. The van der Waals surface area contributed by atoms with E-state index in [-0.39, 0.29) is 35.4 Å². The van der Waals surface area contributed by atoms with Crippen LogP contribution in [0.25, 0.3) is 0 Å². The quantitative estimate of drug-likeness (QED) is 0.529. The lowest BCUT2D eigenvalue weighted by molar-refractivity contribution is -0.133. The molecule has 0 saturated carbocycles. The Labute approximate surface area is 147 Å². The lowest BCUT2D eigenvalue weighted by Gasteiger charge is -2.29. The van der Waals surface area contributed by atoms with Gasteiger partial charge in [0.15, 0.2) is 15.6 Å². The molecular weight excluding hydrogens is 346 g/mol. The van der Waals surface area contributed by atoms with Gasteiger partial charge in [-0.1, -0.05) is 6.92 Å². The molecule has 8 nitrogen and oxygen atoms in total. The zero-order chi connectivity index (χ0) is 18.6. The van der Waals surface area contributed by atoms with Gasteiger partial charge in [-0.25, -0.2) is 13.2 Å². The van der Waals surface area contributed by atoms with E-state index in [0.29, 0.717) is 18.8 Å². The zero-order valence-corrected chi connectivity index (χ0v) is 15.4. The summed E-state index contributed by atoms with van der Waals surface area (Å²) in [5, 5.41) is 2.78. The molecule has 1 heterocycles. The van der Waals surface area contributed by atoms with Gasteiger partial charge in [-0.2, -0.15) is 0 Å². The van der Waals surface area contributed by atoms with Gasteiger partial charge in [-0.3, -0.25) is 4.79 Å². The molecule has 9 heteroatoms. The molecule has 1 aromatic carbocycles. The van der Waals surface area contributed by atoms with E-state index in [4.69, 9.17) is 4.74 Å². The van der Waals surface area contributed by atoms with E-state index in [1.807, 2.05) is 19.0 Å². The van der Waals surface area contributed by atoms with E-state index in [1.165, 1.54) is 12.1 Å². The van der Waals surface area contributed by atoms with Crippen LogP contribution in [0.3, 0.4) is 0 Å². The Morgan fingerprint density at radius 3 is 2.72 bits per heavy atom. The summed E-state index contributed by atoms with van der Waals surface area (Å²) in [4.78, 5) is 27.5. The van der Waals surface area contributed by atoms with Crippen LogP contribution in [0.15, 0.2) is 23.1 Å². The number of hydrogen-bond donors (Lipinski definition) is 1. The van der Waals surface area contributed by atoms with Gasteiger partial charge in [-0.15, -0.1) is 0 Å². The summed E-state index contributed by atoms with van der Waals surface area (Å²) < 4.78 is 29.1. The highest BCUT2D eigenvalue weighted by molar-refractivity contribution is 7.91. The van der Waals surface area contributed by atoms with Crippen molar-refractivity contribution in [3.05, 3.63) is 18.2 Å². The van der Waals surface area contributed by atoms with Crippen molar-refractivity contribution in [2.24, 2.45) is 0 Å². The van der Waals surface area contributed by atoms with Crippen LogP contribution in [0.1, 0.15) is 6.92 Å². The number of fused-ring (bicyclic) bond motifs is 1. The van der Waals surface area contributed by atoms with E-state index in [1.54, 1.807) is 17.9 Å². The van der Waals surface area contributed by atoms with Crippen LogP contribution in [0.2, 0.25) is 0 Å². The van der Waals surface area contributed by atoms with Crippen LogP contribution in [0.4, 0.5) is 5.69 Å². The van der Waals surface area contributed by atoms with Crippen molar-refractivity contribution >= 4 is 27.4 Å². The minimum atomic E-state index is -3.40. The average Bonchev–Trinajstić information content (AvgIpc) is 2.53. The number of benzene rings is 1. The molecule has 0 bridgehead atoms. The number of carbonyl (C=O) groups is 2. The summed E-state index contributed by atoms with van der Waals surface area (Å²) in [6, 6.07) is 4.37. The third-order valence-corrected chi connectivity index (χ3v) is 5.50. The highest BCUT2D eigenvalue weighted by atomic mass is 32.2. The topological polar surface area (TPSA) is 96.0 Å². The number of esters is 1. The lowest BCUT2D eigenvalue weighted by Crippen LogP contribution is -2.44. The van der Waals surface area contributed by atoms with Crippen molar-refractivity contribution in [1.82, 2.24) is 10.2 Å². The maximum absolute atomic E-state index is 12.1. The van der Waals surface area contributed by atoms with E-state index < -0.39 is 15.8 Å². The molecule has 0 atom stereocenters. The summed E-state index contributed by atoms with van der Waals surface area (Å²) in [5.74, 6) is -0.628. The van der Waals surface area contributed by atoms with Gasteiger partial charge >= 0.3 is 5.97 Å². The van der Waals surface area contributed by atoms with Crippen molar-refractivity contribution in [1.29, 1.82) is 0 Å². The Kier molecular flexibility index (Phi) is 6.02. The van der Waals surface area contributed by atoms with Crippen LogP contribution in [-0.4, -0.2) is 71.2 Å². The average molecular weight is 369 g/mol. The van der Waals surface area contributed by atoms with E-state index in [0.717, 1.165) is 0 Å². The number of amides is 1. The molecule has 0 spiro atoms. The smallest absolute Gasteiger partial charge is 0.331 e. The normalized spacial score (nSPS) is 14.2. The molecule has 25 heavy (non-hydrogen) atoms. The van der Waals surface area contributed by atoms with Crippen molar-refractivity contribution in [2.45, 2.75) is 11.8 Å². The maximum Gasteiger partial charge on any atom is 0.331 e. The highest BCUT2D eigenvalue weighted by Crippen LogP contribution is 2.34. The number of rotatable bonds is 7. The van der Waals surface area contributed by atoms with Gasteiger partial charge in [0.05, 0.1) is 22.9 Å². The van der Waals surface area contributed by atoms with Crippen LogP contribution in [-0.2, 0) is 19.4 Å². The minimum absolute atomic E-state index is 0.00456. The van der Waals surface area contributed by atoms with E-state index >= 15 is 0 Å². The lowest BCUT2D eigenvalue weighted by atomic mass is 10.2. The number of ether oxygens (including phenoxy) is 1. The first kappa shape index (κ1) is 19.2. The first-order chi connectivity index (χ1) is 11.7. The van der Waals surface area contributed by atoms with Crippen molar-refractivity contribution in [3.63, 3.8) is 0 Å². The van der Waals surface area contributed by atoms with E-state index in [2.05, 4.69) is 5.32 Å². The molecule has 1 amide bonds. The first-order valence-corrected chi connectivity index (χ1v) is 9.62. The Bertz CT molecular complexity index is 761. The molecule has 1 aromatic rings. The number of hydrogen-bond acceptors (Lipinski definition) is 7. The third kappa shape index (κ3) is 4.93. The molecule has 0 saturated heterocycles. The monoisotopic (exact) mass is 369 g/mol. The van der Waals surface area contributed by atoms with Gasteiger partial charge < -0.3 is 19.9 Å². The van der Waals surface area contributed by atoms with Gasteiger partial charge in [0.1, 0.15) is 6.54 Å². The Morgan fingerprint density at radius 1 is 1.36 bits per heavy atom. The molecule has 2 rings (SSSR count). The fraction of sp³-hybridized carbons (Fsp3) is 0.500. The maximum atomic E-state index is 12.1. The molecule has 1 aliphatic rings. The summed E-state index contributed by atoms with van der Waals surface area (Å²) in [7, 11) is 0.412. The number of anilines is 1. The second kappa shape index (κ2) is 7.83. The predicted octanol–water partition coefficient (Wildman–Crippen LogP) is -0.117. The molecule has 0 unspecified atom stereocenters. The predicted molar refractivity (Wildman–Crippen MR) is 93.6 cm³/mol. The summed E-state index contributed by atoms with van der Waals surface area (Å²) in [6.45, 7) is 2.70. The second-order valence-corrected chi connectivity index (χ2v) is 8.29. The van der Waals surface area contributed by atoms with E-state index in [9.17, 15) is 18.0 Å². The van der Waals surface area contributed by atoms with Gasteiger partial charge in [0.2, 0.25) is 5.91 Å². The fourth-order valence-corrected chi connectivity index (χ4v) is 3.28. The standard InChI is InChI=1S/C16H23N3O5S/c1-4-25(22,23)12-5-6-13-14(9-12)24-16(21)11-19(13)10-15(20)17-7-8-18(2)3/h5-6,9H,4,7-8,10-11H2,1-3H3,(H,17,20). The van der Waals surface area contributed by atoms with Gasteiger partial charge in [-0.05, 0) is 26.2 Å². The van der Waals surface area contributed by atoms with Crippen molar-refractivity contribution < 1.29 is 22.7 Å². The van der Waals surface area contributed by atoms with Crippen LogP contribution in [0, 0.1) is 0 Å². The fourth-order valence-electron chi connectivity index (χ4n) is 2.38. The SMILES string of the molecule is CCS(=O)(=O)c1ccc2c(c1)OC(=O)CN2CC(=O)NCCN(C)C. The third-order valence-electron chi connectivity index (χ3n) is 3.77. The first-order valence-electron chi connectivity index (χ1n) is 7.97. The number of sulfone groups is 1. The largest absolute Gasteiger partial charge is 0.423 e. The van der Waals surface area contributed by atoms with Gasteiger partial charge in [0.25, 0.3) is 0 Å². The molecule has 1 N–H and O–H groups in total. The number of nitrogens with one attached hydrogen (secondary N) is 1. The van der Waals surface area contributed by atoms with Crippen LogP contribution >= 0.6 is 0 Å². The van der Waals surface area contributed by atoms with Crippen molar-refractivity contribution in [2.75, 3.05) is 50.9 Å². The second-order valence-electron chi connectivity index (χ2n) is 6.02. The molecule has 138 valence electrons. The Hall–Kier alpha value is -2.13. The zero-order valence-electron chi connectivity index (χ0n) is 14.6. The van der Waals surface area contributed by atoms with Crippen LogP contribution < -0.4 is 15.0 Å². The van der Waals surface area contributed by atoms with Crippen LogP contribution in [0.5, 0.6) is 5.75 Å². The molecule has 1 aliphatic heterocycles. The molecule has 0 radical (unpaired) electrons.